The fourth-order valence-corrected chi connectivity index (χ4v) is 4.36. The number of esters is 1. The van der Waals surface area contributed by atoms with Gasteiger partial charge < -0.3 is 9.47 Å². The van der Waals surface area contributed by atoms with Gasteiger partial charge in [0.25, 0.3) is 0 Å². The van der Waals surface area contributed by atoms with Gasteiger partial charge in [0.1, 0.15) is 23.9 Å². The zero-order chi connectivity index (χ0) is 27.9. The molecule has 0 saturated carbocycles. The van der Waals surface area contributed by atoms with Crippen molar-refractivity contribution >= 4 is 17.1 Å². The SMILES string of the molecule is CC.COC(=O)c1cccc(C2=C(c3cc(C(F)(F)F)ccc3OCC3=C(F)C(F)CCC=C3)CCC2)n1. The highest BCUT2D eigenvalue weighted by atomic mass is 19.4. The Morgan fingerprint density at radius 3 is 2.55 bits per heavy atom. The summed E-state index contributed by atoms with van der Waals surface area (Å²) >= 11 is 0. The Balaban J connectivity index is 0.00000195. The predicted molar refractivity (Wildman–Crippen MR) is 136 cm³/mol. The Morgan fingerprint density at radius 2 is 1.84 bits per heavy atom. The van der Waals surface area contributed by atoms with Crippen LogP contribution in [0.25, 0.3) is 11.1 Å². The lowest BCUT2D eigenvalue weighted by molar-refractivity contribution is -0.137. The van der Waals surface area contributed by atoms with Crippen LogP contribution in [0.2, 0.25) is 0 Å². The molecular weight excluding hydrogens is 505 g/mol. The van der Waals surface area contributed by atoms with Crippen LogP contribution in [0.5, 0.6) is 5.75 Å². The molecule has 204 valence electrons. The van der Waals surface area contributed by atoms with Crippen molar-refractivity contribution in [3.8, 4) is 5.75 Å². The molecular formula is C29H30F5NO3. The molecule has 9 heteroatoms. The van der Waals surface area contributed by atoms with E-state index in [9.17, 15) is 26.7 Å². The van der Waals surface area contributed by atoms with Crippen molar-refractivity contribution in [3.05, 3.63) is 82.5 Å². The number of hydrogen-bond acceptors (Lipinski definition) is 4. The molecule has 1 unspecified atom stereocenters. The first-order valence-electron chi connectivity index (χ1n) is 12.5. The standard InChI is InChI=1S/C27H24F5NO3.C2H6/c1-35-26(34)23-11-5-10-22(33-23)19-8-4-7-18(19)20-14-17(27(30,31)32)12-13-24(20)36-15-16-6-2-3-9-21(28)25(16)29;1-2/h2,5-6,10-14,21H,3-4,7-9,15H2,1H3;1-2H3. The van der Waals surface area contributed by atoms with Crippen LogP contribution in [0.4, 0.5) is 22.0 Å². The number of rotatable bonds is 6. The molecule has 0 bridgehead atoms. The first kappa shape index (κ1) is 29.1. The number of carbonyl (C=O) groups is 1. The van der Waals surface area contributed by atoms with Gasteiger partial charge in [-0.3, -0.25) is 0 Å². The topological polar surface area (TPSA) is 48.4 Å². The van der Waals surface area contributed by atoms with Gasteiger partial charge in [0.2, 0.25) is 0 Å². The second kappa shape index (κ2) is 12.8. The molecule has 1 aromatic heterocycles. The van der Waals surface area contributed by atoms with E-state index in [2.05, 4.69) is 4.98 Å². The molecule has 0 N–H and O–H groups in total. The summed E-state index contributed by atoms with van der Waals surface area (Å²) in [6, 6.07) is 7.90. The number of halogens is 5. The van der Waals surface area contributed by atoms with Crippen molar-refractivity contribution < 1.29 is 36.2 Å². The quantitative estimate of drug-likeness (QED) is 0.276. The van der Waals surface area contributed by atoms with Gasteiger partial charge in [-0.2, -0.15) is 13.2 Å². The van der Waals surface area contributed by atoms with Gasteiger partial charge in [-0.05, 0) is 73.6 Å². The number of allylic oxidation sites excluding steroid dienone is 4. The zero-order valence-corrected chi connectivity index (χ0v) is 21.5. The van der Waals surface area contributed by atoms with Crippen LogP contribution < -0.4 is 4.74 Å². The van der Waals surface area contributed by atoms with Crippen LogP contribution in [0, 0.1) is 0 Å². The highest BCUT2D eigenvalue weighted by Gasteiger charge is 2.33. The molecule has 0 aliphatic heterocycles. The summed E-state index contributed by atoms with van der Waals surface area (Å²) in [5, 5.41) is 0. The van der Waals surface area contributed by atoms with Crippen molar-refractivity contribution in [1.82, 2.24) is 4.98 Å². The van der Waals surface area contributed by atoms with E-state index in [1.54, 1.807) is 18.2 Å². The molecule has 0 radical (unpaired) electrons. The number of pyridine rings is 1. The largest absolute Gasteiger partial charge is 0.488 e. The van der Waals surface area contributed by atoms with Crippen LogP contribution in [-0.2, 0) is 10.9 Å². The summed E-state index contributed by atoms with van der Waals surface area (Å²) in [7, 11) is 1.23. The third-order valence-corrected chi connectivity index (χ3v) is 6.17. The molecule has 1 atom stereocenters. The van der Waals surface area contributed by atoms with Gasteiger partial charge in [0.15, 0.2) is 6.17 Å². The summed E-state index contributed by atoms with van der Waals surface area (Å²) in [5.74, 6) is -1.44. The van der Waals surface area contributed by atoms with Crippen LogP contribution in [0.15, 0.2) is 60.0 Å². The number of nitrogens with zero attached hydrogens (tertiary/aromatic N) is 1. The lowest BCUT2D eigenvalue weighted by Gasteiger charge is -2.17. The van der Waals surface area contributed by atoms with E-state index in [4.69, 9.17) is 9.47 Å². The molecule has 0 amide bonds. The zero-order valence-electron chi connectivity index (χ0n) is 21.5. The maximum atomic E-state index is 14.4. The Kier molecular flexibility index (Phi) is 9.83. The summed E-state index contributed by atoms with van der Waals surface area (Å²) in [4.78, 5) is 16.3. The first-order chi connectivity index (χ1) is 18.2. The minimum atomic E-state index is -4.59. The molecule has 0 saturated heterocycles. The van der Waals surface area contributed by atoms with E-state index in [0.717, 1.165) is 12.1 Å². The van der Waals surface area contributed by atoms with E-state index < -0.39 is 29.7 Å². The van der Waals surface area contributed by atoms with E-state index in [1.165, 1.54) is 25.3 Å². The highest BCUT2D eigenvalue weighted by Crippen LogP contribution is 2.44. The summed E-state index contributed by atoms with van der Waals surface area (Å²) in [6.07, 6.45) is -1.20. The minimum Gasteiger partial charge on any atom is -0.488 e. The van der Waals surface area contributed by atoms with E-state index >= 15 is 0 Å². The molecule has 2 aromatic rings. The van der Waals surface area contributed by atoms with Crippen molar-refractivity contribution in [2.24, 2.45) is 0 Å². The number of aromatic nitrogens is 1. The molecule has 4 rings (SSSR count). The maximum absolute atomic E-state index is 14.4. The van der Waals surface area contributed by atoms with E-state index in [-0.39, 0.29) is 35.6 Å². The molecule has 0 fully saturated rings. The fraction of sp³-hybridized carbons (Fsp3) is 0.379. The number of benzene rings is 1. The summed E-state index contributed by atoms with van der Waals surface area (Å²) in [5.41, 5.74) is 1.18. The van der Waals surface area contributed by atoms with E-state index in [1.807, 2.05) is 13.8 Å². The molecule has 4 nitrogen and oxygen atoms in total. The number of hydrogen-bond donors (Lipinski definition) is 0. The number of ether oxygens (including phenoxy) is 2. The van der Waals surface area contributed by atoms with Crippen molar-refractivity contribution in [2.45, 2.75) is 58.3 Å². The Hall–Kier alpha value is -3.49. The van der Waals surface area contributed by atoms with Crippen LogP contribution in [-0.4, -0.2) is 30.8 Å². The number of carbonyl (C=O) groups excluding carboxylic acids is 1. The Bertz CT molecular complexity index is 1250. The lowest BCUT2D eigenvalue weighted by atomic mass is 9.96. The van der Waals surface area contributed by atoms with Gasteiger partial charge in [-0.25, -0.2) is 18.6 Å². The summed E-state index contributed by atoms with van der Waals surface area (Å²) in [6.45, 7) is 3.67. The Labute approximate surface area is 218 Å². The first-order valence-corrected chi connectivity index (χ1v) is 12.5. The lowest BCUT2D eigenvalue weighted by Crippen LogP contribution is -2.10. The molecule has 38 heavy (non-hydrogen) atoms. The van der Waals surface area contributed by atoms with Crippen molar-refractivity contribution in [1.29, 1.82) is 0 Å². The third kappa shape index (κ3) is 6.68. The predicted octanol–water partition coefficient (Wildman–Crippen LogP) is 8.30. The Morgan fingerprint density at radius 1 is 1.11 bits per heavy atom. The van der Waals surface area contributed by atoms with E-state index in [0.29, 0.717) is 42.5 Å². The highest BCUT2D eigenvalue weighted by molar-refractivity contribution is 5.94. The van der Waals surface area contributed by atoms with Gasteiger partial charge in [-0.15, -0.1) is 0 Å². The maximum Gasteiger partial charge on any atom is 0.416 e. The van der Waals surface area contributed by atoms with Crippen LogP contribution in [0.3, 0.4) is 0 Å². The molecule has 1 aromatic carbocycles. The van der Waals surface area contributed by atoms with Gasteiger partial charge in [-0.1, -0.05) is 32.1 Å². The smallest absolute Gasteiger partial charge is 0.416 e. The van der Waals surface area contributed by atoms with Crippen molar-refractivity contribution in [2.75, 3.05) is 13.7 Å². The second-order valence-corrected chi connectivity index (χ2v) is 8.53. The third-order valence-electron chi connectivity index (χ3n) is 6.17. The van der Waals surface area contributed by atoms with Gasteiger partial charge in [0, 0.05) is 11.1 Å². The number of alkyl halides is 4. The fourth-order valence-electron chi connectivity index (χ4n) is 4.36. The minimum absolute atomic E-state index is 0.0129. The molecule has 2 aliphatic rings. The molecule has 2 aliphatic carbocycles. The van der Waals surface area contributed by atoms with Crippen molar-refractivity contribution in [3.63, 3.8) is 0 Å². The summed E-state index contributed by atoms with van der Waals surface area (Å²) < 4.78 is 79.6. The monoisotopic (exact) mass is 535 g/mol. The molecule has 0 spiro atoms. The second-order valence-electron chi connectivity index (χ2n) is 8.53. The van der Waals surface area contributed by atoms with Gasteiger partial charge in [0.05, 0.1) is 18.4 Å². The average Bonchev–Trinajstić information content (AvgIpc) is 3.36. The van der Waals surface area contributed by atoms with Crippen LogP contribution >= 0.6 is 0 Å². The normalized spacial score (nSPS) is 17.6. The average molecular weight is 536 g/mol. The number of methoxy groups -OCH3 is 1. The van der Waals surface area contributed by atoms with Crippen LogP contribution in [0.1, 0.15) is 73.3 Å². The van der Waals surface area contributed by atoms with Gasteiger partial charge >= 0.3 is 12.1 Å². The molecule has 1 heterocycles.